The van der Waals surface area contributed by atoms with Crippen molar-refractivity contribution in [3.63, 3.8) is 0 Å². The van der Waals surface area contributed by atoms with Crippen LogP contribution in [0.25, 0.3) is 0 Å². The summed E-state index contributed by atoms with van der Waals surface area (Å²) < 4.78 is 17.6. The van der Waals surface area contributed by atoms with Gasteiger partial charge in [-0.1, -0.05) is 42.5 Å². The summed E-state index contributed by atoms with van der Waals surface area (Å²) in [7, 11) is 2.11. The molecule has 0 atom stereocenters. The lowest BCUT2D eigenvalue weighted by Gasteiger charge is -2.32. The van der Waals surface area contributed by atoms with Gasteiger partial charge in [-0.25, -0.2) is 9.18 Å². The number of hydrogen-bond acceptors (Lipinski definition) is 3. The molecule has 1 saturated heterocycles. The van der Waals surface area contributed by atoms with Crippen molar-refractivity contribution in [1.29, 1.82) is 0 Å². The van der Waals surface area contributed by atoms with Crippen LogP contribution in [0.1, 0.15) is 24.0 Å². The molecule has 4 nitrogen and oxygen atoms in total. The number of carbonyl (C=O) groups excluding carboxylic acids is 1. The predicted octanol–water partition coefficient (Wildman–Crippen LogP) is 4.10. The molecule has 0 N–H and O–H groups in total. The summed E-state index contributed by atoms with van der Waals surface area (Å²) >= 11 is 0. The normalized spacial score (nSPS) is 17.5. The summed E-state index contributed by atoms with van der Waals surface area (Å²) in [5, 5.41) is 0. The van der Waals surface area contributed by atoms with E-state index in [1.807, 2.05) is 11.0 Å². The molecule has 0 radical (unpaired) electrons. The maximum absolute atomic E-state index is 12.2. The Bertz CT molecular complexity index is 730. The van der Waals surface area contributed by atoms with Gasteiger partial charge >= 0.3 is 6.09 Å². The fourth-order valence-electron chi connectivity index (χ4n) is 3.39. The van der Waals surface area contributed by atoms with Crippen LogP contribution < -0.4 is 0 Å². The van der Waals surface area contributed by atoms with E-state index in [-0.39, 0.29) is 18.0 Å². The third-order valence-corrected chi connectivity index (χ3v) is 5.06. The van der Waals surface area contributed by atoms with Gasteiger partial charge in [0.25, 0.3) is 0 Å². The van der Waals surface area contributed by atoms with Crippen molar-refractivity contribution in [2.75, 3.05) is 26.7 Å². The molecule has 27 heavy (non-hydrogen) atoms. The SMILES string of the molecule is CN1CCC(OC(=O)N2CCc3ccccc3C2)CC1.Fc1ccccc1. The molecule has 0 aliphatic carbocycles. The minimum absolute atomic E-state index is 0.0934. The highest BCUT2D eigenvalue weighted by Gasteiger charge is 2.25. The van der Waals surface area contributed by atoms with Gasteiger partial charge < -0.3 is 14.5 Å². The minimum atomic E-state index is -0.178. The molecular weight excluding hydrogens is 343 g/mol. The molecule has 4 rings (SSSR count). The van der Waals surface area contributed by atoms with Crippen LogP contribution in [-0.4, -0.2) is 48.7 Å². The van der Waals surface area contributed by atoms with E-state index in [1.54, 1.807) is 18.2 Å². The van der Waals surface area contributed by atoms with Gasteiger partial charge in [0.1, 0.15) is 11.9 Å². The van der Waals surface area contributed by atoms with Gasteiger partial charge in [0.05, 0.1) is 0 Å². The Labute approximate surface area is 160 Å². The molecule has 2 aliphatic heterocycles. The Morgan fingerprint density at radius 3 is 2.22 bits per heavy atom. The van der Waals surface area contributed by atoms with Crippen LogP contribution in [0.15, 0.2) is 54.6 Å². The lowest BCUT2D eigenvalue weighted by atomic mass is 10.0. The highest BCUT2D eigenvalue weighted by Crippen LogP contribution is 2.20. The fraction of sp³-hybridized carbons (Fsp3) is 0.409. The molecule has 1 fully saturated rings. The Morgan fingerprint density at radius 2 is 1.59 bits per heavy atom. The largest absolute Gasteiger partial charge is 0.446 e. The highest BCUT2D eigenvalue weighted by atomic mass is 19.1. The van der Waals surface area contributed by atoms with Gasteiger partial charge in [-0.15, -0.1) is 0 Å². The number of likely N-dealkylation sites (tertiary alicyclic amines) is 1. The Balaban J connectivity index is 0.000000253. The predicted molar refractivity (Wildman–Crippen MR) is 104 cm³/mol. The van der Waals surface area contributed by atoms with Crippen molar-refractivity contribution in [2.24, 2.45) is 0 Å². The average molecular weight is 370 g/mol. The van der Waals surface area contributed by atoms with Gasteiger partial charge in [-0.3, -0.25) is 0 Å². The van der Waals surface area contributed by atoms with E-state index in [0.717, 1.165) is 38.9 Å². The maximum atomic E-state index is 12.2. The lowest BCUT2D eigenvalue weighted by Crippen LogP contribution is -2.41. The topological polar surface area (TPSA) is 32.8 Å². The molecule has 0 unspecified atom stereocenters. The summed E-state index contributed by atoms with van der Waals surface area (Å²) in [6.07, 6.45) is 2.78. The number of hydrogen-bond donors (Lipinski definition) is 0. The van der Waals surface area contributed by atoms with Gasteiger partial charge in [0.2, 0.25) is 0 Å². The van der Waals surface area contributed by atoms with E-state index >= 15 is 0 Å². The van der Waals surface area contributed by atoms with Crippen LogP contribution in [0.3, 0.4) is 0 Å². The zero-order valence-electron chi connectivity index (χ0n) is 15.8. The maximum Gasteiger partial charge on any atom is 0.410 e. The molecule has 2 heterocycles. The molecule has 0 saturated carbocycles. The molecule has 0 spiro atoms. The Hall–Kier alpha value is -2.40. The second-order valence-electron chi connectivity index (χ2n) is 7.12. The number of rotatable bonds is 1. The fourth-order valence-corrected chi connectivity index (χ4v) is 3.39. The Morgan fingerprint density at radius 1 is 0.963 bits per heavy atom. The van der Waals surface area contributed by atoms with Gasteiger partial charge in [-0.2, -0.15) is 0 Å². The standard InChI is InChI=1S/C16H22N2O2.C6H5F/c1-17-9-7-15(8-10-17)20-16(19)18-11-6-13-4-2-3-5-14(13)12-18;7-6-4-2-1-3-5-6/h2-5,15H,6-12H2,1H3;1-5H. The monoisotopic (exact) mass is 370 g/mol. The summed E-state index contributed by atoms with van der Waals surface area (Å²) in [5.41, 5.74) is 2.61. The smallest absolute Gasteiger partial charge is 0.410 e. The summed E-state index contributed by atoms with van der Waals surface area (Å²) in [6, 6.07) is 16.3. The zero-order chi connectivity index (χ0) is 19.1. The first-order valence-corrected chi connectivity index (χ1v) is 9.53. The molecular formula is C22H27FN2O2. The van der Waals surface area contributed by atoms with Gasteiger partial charge in [0, 0.05) is 26.2 Å². The number of piperidine rings is 1. The van der Waals surface area contributed by atoms with Gasteiger partial charge in [0.15, 0.2) is 0 Å². The lowest BCUT2D eigenvalue weighted by molar-refractivity contribution is 0.0305. The van der Waals surface area contributed by atoms with Crippen LogP contribution in [0.4, 0.5) is 9.18 Å². The van der Waals surface area contributed by atoms with Crippen LogP contribution in [0.2, 0.25) is 0 Å². The molecule has 144 valence electrons. The van der Waals surface area contributed by atoms with Crippen LogP contribution in [-0.2, 0) is 17.7 Å². The van der Waals surface area contributed by atoms with Crippen molar-refractivity contribution in [2.45, 2.75) is 31.9 Å². The second kappa shape index (κ2) is 9.51. The number of amides is 1. The number of ether oxygens (including phenoxy) is 1. The number of halogens is 1. The summed E-state index contributed by atoms with van der Waals surface area (Å²) in [6.45, 7) is 3.48. The number of benzene rings is 2. The van der Waals surface area contributed by atoms with E-state index < -0.39 is 0 Å². The van der Waals surface area contributed by atoms with E-state index in [1.165, 1.54) is 23.3 Å². The Kier molecular flexibility index (Phi) is 6.82. The molecule has 5 heteroatoms. The van der Waals surface area contributed by atoms with Crippen molar-refractivity contribution in [3.05, 3.63) is 71.5 Å². The van der Waals surface area contributed by atoms with Crippen LogP contribution >= 0.6 is 0 Å². The first-order chi connectivity index (χ1) is 13.1. The zero-order valence-corrected chi connectivity index (χ0v) is 15.8. The van der Waals surface area contributed by atoms with Crippen molar-refractivity contribution in [1.82, 2.24) is 9.80 Å². The van der Waals surface area contributed by atoms with Crippen molar-refractivity contribution >= 4 is 6.09 Å². The minimum Gasteiger partial charge on any atom is -0.446 e. The van der Waals surface area contributed by atoms with Crippen molar-refractivity contribution < 1.29 is 13.9 Å². The number of fused-ring (bicyclic) bond motifs is 1. The van der Waals surface area contributed by atoms with Gasteiger partial charge in [-0.05, 0) is 49.6 Å². The second-order valence-corrected chi connectivity index (χ2v) is 7.12. The third kappa shape index (κ3) is 5.79. The first-order valence-electron chi connectivity index (χ1n) is 9.53. The van der Waals surface area contributed by atoms with Crippen LogP contribution in [0, 0.1) is 5.82 Å². The third-order valence-electron chi connectivity index (χ3n) is 5.06. The molecule has 2 aromatic carbocycles. The summed E-state index contributed by atoms with van der Waals surface area (Å²) in [4.78, 5) is 16.4. The molecule has 0 aromatic heterocycles. The van der Waals surface area contributed by atoms with E-state index in [9.17, 15) is 9.18 Å². The molecule has 0 bridgehead atoms. The quantitative estimate of drug-likeness (QED) is 0.758. The van der Waals surface area contributed by atoms with E-state index in [2.05, 4.69) is 30.1 Å². The highest BCUT2D eigenvalue weighted by molar-refractivity contribution is 5.68. The molecule has 1 amide bonds. The molecule has 2 aliphatic rings. The number of nitrogens with zero attached hydrogens (tertiary/aromatic N) is 2. The molecule has 2 aromatic rings. The average Bonchev–Trinajstić information content (AvgIpc) is 2.70. The van der Waals surface area contributed by atoms with Crippen molar-refractivity contribution in [3.8, 4) is 0 Å². The number of carbonyl (C=O) groups is 1. The first kappa shape index (κ1) is 19.4. The van der Waals surface area contributed by atoms with E-state index in [0.29, 0.717) is 6.54 Å². The van der Waals surface area contributed by atoms with E-state index in [4.69, 9.17) is 4.74 Å². The van der Waals surface area contributed by atoms with Crippen LogP contribution in [0.5, 0.6) is 0 Å². The summed E-state index contributed by atoms with van der Waals surface area (Å²) in [5.74, 6) is -0.178.